The van der Waals surface area contributed by atoms with Crippen LogP contribution >= 0.6 is 0 Å². The molecular formula is C32H37NO13. The highest BCUT2D eigenvalue weighted by atomic mass is 16.7. The van der Waals surface area contributed by atoms with E-state index in [0.29, 0.717) is 19.6 Å². The van der Waals surface area contributed by atoms with Crippen LogP contribution in [0.15, 0.2) is 18.2 Å². The Labute approximate surface area is 264 Å². The Morgan fingerprint density at radius 1 is 1.09 bits per heavy atom. The first-order valence-electron chi connectivity index (χ1n) is 15.1. The molecule has 6 rings (SSSR count). The van der Waals surface area contributed by atoms with E-state index in [1.54, 1.807) is 14.0 Å². The van der Waals surface area contributed by atoms with Gasteiger partial charge in [-0.15, -0.1) is 0 Å². The number of hydrogen-bond donors (Lipinski definition) is 4. The van der Waals surface area contributed by atoms with Gasteiger partial charge in [0.2, 0.25) is 5.78 Å². The van der Waals surface area contributed by atoms with Gasteiger partial charge in [0.1, 0.15) is 29.5 Å². The van der Waals surface area contributed by atoms with Crippen molar-refractivity contribution in [1.82, 2.24) is 4.90 Å². The second-order valence-corrected chi connectivity index (χ2v) is 11.8. The molecule has 248 valence electrons. The number of nitrogens with zero attached hydrogens (tertiary/aromatic N) is 1. The summed E-state index contributed by atoms with van der Waals surface area (Å²) in [6.45, 7) is 3.55. The molecule has 0 aromatic heterocycles. The van der Waals surface area contributed by atoms with Crippen molar-refractivity contribution in [2.45, 2.75) is 76.0 Å². The summed E-state index contributed by atoms with van der Waals surface area (Å²) in [6, 6.07) is 4.28. The summed E-state index contributed by atoms with van der Waals surface area (Å²) in [5.74, 6) is -3.70. The SMILES string of the molecule is COc1cccc2c1C(=O)c1c(O)c(C(C)OC3CC4C(OC5C(OC)OCCN45)C(C)O3)c(CC(=O)C(O)CO)c(O)c1C2=O. The van der Waals surface area contributed by atoms with Gasteiger partial charge < -0.3 is 48.8 Å². The number of ether oxygens (including phenoxy) is 6. The second kappa shape index (κ2) is 12.6. The number of ketones is 3. The van der Waals surface area contributed by atoms with Crippen molar-refractivity contribution in [3.8, 4) is 17.2 Å². The van der Waals surface area contributed by atoms with Crippen LogP contribution in [0, 0.1) is 0 Å². The lowest BCUT2D eigenvalue weighted by Gasteiger charge is -2.40. The third-order valence-electron chi connectivity index (χ3n) is 9.21. The van der Waals surface area contributed by atoms with Crippen LogP contribution < -0.4 is 4.74 Å². The number of aliphatic hydroxyl groups excluding tert-OH is 2. The summed E-state index contributed by atoms with van der Waals surface area (Å²) in [4.78, 5) is 42.5. The molecule has 4 aliphatic rings. The van der Waals surface area contributed by atoms with E-state index in [0.717, 1.165) is 0 Å². The second-order valence-electron chi connectivity index (χ2n) is 11.8. The Morgan fingerprint density at radius 3 is 2.52 bits per heavy atom. The highest BCUT2D eigenvalue weighted by molar-refractivity contribution is 6.31. The molecule has 8 atom stereocenters. The van der Waals surface area contributed by atoms with E-state index in [9.17, 15) is 34.8 Å². The van der Waals surface area contributed by atoms with Crippen LogP contribution in [0.2, 0.25) is 0 Å². The molecule has 1 aliphatic carbocycles. The number of fused-ring (bicyclic) bond motifs is 5. The van der Waals surface area contributed by atoms with E-state index in [1.165, 1.54) is 25.3 Å². The topological polar surface area (TPSA) is 191 Å². The number of aliphatic hydroxyl groups is 2. The van der Waals surface area contributed by atoms with Crippen molar-refractivity contribution >= 4 is 17.3 Å². The molecule has 0 radical (unpaired) electrons. The molecule has 3 heterocycles. The summed E-state index contributed by atoms with van der Waals surface area (Å²) in [5, 5.41) is 42.7. The molecule has 8 unspecified atom stereocenters. The fourth-order valence-corrected chi connectivity index (χ4v) is 7.04. The number of carbonyl (C=O) groups excluding carboxylic acids is 3. The number of benzene rings is 2. The number of morpholine rings is 1. The molecule has 0 spiro atoms. The van der Waals surface area contributed by atoms with E-state index in [2.05, 4.69) is 4.90 Å². The van der Waals surface area contributed by atoms with E-state index in [-0.39, 0.29) is 40.1 Å². The molecule has 0 bridgehead atoms. The van der Waals surface area contributed by atoms with Crippen molar-refractivity contribution in [1.29, 1.82) is 0 Å². The zero-order valence-corrected chi connectivity index (χ0v) is 25.8. The number of methoxy groups -OCH3 is 2. The van der Waals surface area contributed by atoms with Gasteiger partial charge in [-0.2, -0.15) is 0 Å². The molecule has 2 aromatic rings. The molecule has 14 nitrogen and oxygen atoms in total. The predicted molar refractivity (Wildman–Crippen MR) is 156 cm³/mol. The smallest absolute Gasteiger partial charge is 0.202 e. The van der Waals surface area contributed by atoms with E-state index in [4.69, 9.17) is 28.4 Å². The maximum Gasteiger partial charge on any atom is 0.202 e. The molecule has 3 fully saturated rings. The molecular weight excluding hydrogens is 606 g/mol. The highest BCUT2D eigenvalue weighted by Crippen LogP contribution is 2.48. The third-order valence-corrected chi connectivity index (χ3v) is 9.21. The van der Waals surface area contributed by atoms with Gasteiger partial charge in [0.25, 0.3) is 0 Å². The molecule has 0 amide bonds. The van der Waals surface area contributed by atoms with Crippen molar-refractivity contribution in [3.63, 3.8) is 0 Å². The van der Waals surface area contributed by atoms with Crippen LogP contribution in [-0.4, -0.2) is 120 Å². The number of Topliss-reactive ketones (excluding diaryl/α,β-unsaturated/α-hetero) is 1. The van der Waals surface area contributed by atoms with E-state index in [1.807, 2.05) is 6.92 Å². The lowest BCUT2D eigenvalue weighted by atomic mass is 9.78. The Bertz CT molecular complexity index is 1560. The van der Waals surface area contributed by atoms with Crippen molar-refractivity contribution < 1.29 is 63.2 Å². The molecule has 0 saturated carbocycles. The third kappa shape index (κ3) is 5.18. The number of phenols is 2. The van der Waals surface area contributed by atoms with Gasteiger partial charge >= 0.3 is 0 Å². The van der Waals surface area contributed by atoms with Crippen LogP contribution in [-0.2, 0) is 34.9 Å². The zero-order valence-electron chi connectivity index (χ0n) is 25.8. The van der Waals surface area contributed by atoms with Crippen LogP contribution in [0.25, 0.3) is 0 Å². The Balaban J connectivity index is 1.38. The largest absolute Gasteiger partial charge is 0.507 e. The Kier molecular flexibility index (Phi) is 8.91. The number of rotatable bonds is 9. The van der Waals surface area contributed by atoms with Crippen LogP contribution in [0.3, 0.4) is 0 Å². The number of phenolic OH excluding ortho intramolecular Hbond substituents is 2. The quantitative estimate of drug-likeness (QED) is 0.241. The minimum atomic E-state index is -1.79. The Hall–Kier alpha value is -3.47. The summed E-state index contributed by atoms with van der Waals surface area (Å²) < 4.78 is 35.2. The maximum atomic E-state index is 13.9. The molecule has 4 N–H and O–H groups in total. The number of aromatic hydroxyl groups is 2. The number of carbonyl (C=O) groups is 3. The summed E-state index contributed by atoms with van der Waals surface area (Å²) in [5.41, 5.74) is -1.45. The fraction of sp³-hybridized carbons (Fsp3) is 0.531. The van der Waals surface area contributed by atoms with Gasteiger partial charge in [-0.3, -0.25) is 19.3 Å². The summed E-state index contributed by atoms with van der Waals surface area (Å²) >= 11 is 0. The van der Waals surface area contributed by atoms with Gasteiger partial charge in [0.05, 0.1) is 49.2 Å². The predicted octanol–water partition coefficient (Wildman–Crippen LogP) is 0.957. The first-order chi connectivity index (χ1) is 22.0. The Morgan fingerprint density at radius 2 is 1.83 bits per heavy atom. The lowest BCUT2D eigenvalue weighted by molar-refractivity contribution is -0.253. The first-order valence-corrected chi connectivity index (χ1v) is 15.1. The average Bonchev–Trinajstić information content (AvgIpc) is 3.43. The standard InChI is InChI=1S/C32H37NO13/c1-13(44-21-11-17-30(14(2)45-21)46-31-32(42-4)43-9-8-33(17)31)22-16(10-18(35)19(36)12-34)27(38)24-25(28(22)39)29(40)23-15(26(24)37)6-5-7-20(23)41-3/h5-7,13-14,17,19,21,30-32,34,36,38-39H,8-12H2,1-4H3. The van der Waals surface area contributed by atoms with Crippen LogP contribution in [0.5, 0.6) is 17.2 Å². The van der Waals surface area contributed by atoms with E-state index < -0.39 is 90.1 Å². The summed E-state index contributed by atoms with van der Waals surface area (Å²) in [6.07, 6.45) is -5.79. The van der Waals surface area contributed by atoms with E-state index >= 15 is 0 Å². The lowest BCUT2D eigenvalue weighted by Crippen LogP contribution is -2.54. The van der Waals surface area contributed by atoms with Gasteiger partial charge in [0, 0.05) is 49.2 Å². The van der Waals surface area contributed by atoms with Gasteiger partial charge in [0.15, 0.2) is 30.4 Å². The maximum absolute atomic E-state index is 13.9. The van der Waals surface area contributed by atoms with Gasteiger partial charge in [-0.05, 0) is 19.9 Å². The minimum Gasteiger partial charge on any atom is -0.507 e. The minimum absolute atomic E-state index is 0.0497. The molecule has 46 heavy (non-hydrogen) atoms. The fourth-order valence-electron chi connectivity index (χ4n) is 7.04. The van der Waals surface area contributed by atoms with Crippen LogP contribution in [0.4, 0.5) is 0 Å². The first kappa shape index (κ1) is 32.5. The van der Waals surface area contributed by atoms with Gasteiger partial charge in [-0.25, -0.2) is 0 Å². The van der Waals surface area contributed by atoms with Gasteiger partial charge in [-0.1, -0.05) is 12.1 Å². The molecule has 2 aromatic carbocycles. The average molecular weight is 644 g/mol. The summed E-state index contributed by atoms with van der Waals surface area (Å²) in [7, 11) is 2.88. The molecule has 3 saturated heterocycles. The van der Waals surface area contributed by atoms with Crippen molar-refractivity contribution in [2.75, 3.05) is 34.0 Å². The van der Waals surface area contributed by atoms with Crippen LogP contribution in [0.1, 0.15) is 69.3 Å². The number of hydrogen-bond acceptors (Lipinski definition) is 14. The normalized spacial score (nSPS) is 28.6. The monoisotopic (exact) mass is 643 g/mol. The molecule has 14 heteroatoms. The zero-order chi connectivity index (χ0) is 33.0. The van der Waals surface area contributed by atoms with Crippen molar-refractivity contribution in [2.24, 2.45) is 0 Å². The highest BCUT2D eigenvalue weighted by Gasteiger charge is 2.53. The van der Waals surface area contributed by atoms with Crippen molar-refractivity contribution in [3.05, 3.63) is 51.6 Å². The molecule has 3 aliphatic heterocycles.